The fourth-order valence-corrected chi connectivity index (χ4v) is 2.59. The molecule has 1 atom stereocenters. The number of carbonyl (C=O) groups excluding carboxylic acids is 1. The standard InChI is InChI=1S/C15H23NO2S/c1-3-5-14(17)9-16-15(18)11-19-10-13-7-4-6-12(2)8-13/h4,6-8,14,17H,3,5,9-11H2,1-2H3,(H,16,18). The Hall–Kier alpha value is -1.00. The molecule has 19 heavy (non-hydrogen) atoms. The molecule has 2 N–H and O–H groups in total. The molecule has 106 valence electrons. The topological polar surface area (TPSA) is 49.3 Å². The molecule has 4 heteroatoms. The van der Waals surface area contributed by atoms with Gasteiger partial charge in [0.15, 0.2) is 0 Å². The van der Waals surface area contributed by atoms with Crippen LogP contribution in [-0.2, 0) is 10.5 Å². The number of aliphatic hydroxyl groups excluding tert-OH is 1. The maximum atomic E-state index is 11.6. The van der Waals surface area contributed by atoms with Gasteiger partial charge < -0.3 is 10.4 Å². The third-order valence-electron chi connectivity index (χ3n) is 2.74. The maximum Gasteiger partial charge on any atom is 0.230 e. The van der Waals surface area contributed by atoms with E-state index >= 15 is 0 Å². The van der Waals surface area contributed by atoms with Gasteiger partial charge in [-0.25, -0.2) is 0 Å². The van der Waals surface area contributed by atoms with E-state index in [2.05, 4.69) is 30.4 Å². The summed E-state index contributed by atoms with van der Waals surface area (Å²) in [7, 11) is 0. The van der Waals surface area contributed by atoms with Gasteiger partial charge in [0, 0.05) is 12.3 Å². The zero-order chi connectivity index (χ0) is 14.1. The Balaban J connectivity index is 2.17. The van der Waals surface area contributed by atoms with Crippen LogP contribution < -0.4 is 5.32 Å². The number of nitrogens with one attached hydrogen (secondary N) is 1. The summed E-state index contributed by atoms with van der Waals surface area (Å²) in [5.41, 5.74) is 2.48. The van der Waals surface area contributed by atoms with Gasteiger partial charge in [-0.2, -0.15) is 0 Å². The molecule has 0 bridgehead atoms. The highest BCUT2D eigenvalue weighted by Gasteiger charge is 2.06. The summed E-state index contributed by atoms with van der Waals surface area (Å²) in [4.78, 5) is 11.6. The molecular formula is C15H23NO2S. The Morgan fingerprint density at radius 1 is 1.47 bits per heavy atom. The normalized spacial score (nSPS) is 12.2. The number of amides is 1. The van der Waals surface area contributed by atoms with Crippen LogP contribution >= 0.6 is 11.8 Å². The van der Waals surface area contributed by atoms with Crippen molar-refractivity contribution in [1.82, 2.24) is 5.32 Å². The number of aryl methyl sites for hydroxylation is 1. The molecule has 0 saturated heterocycles. The van der Waals surface area contributed by atoms with E-state index in [0.29, 0.717) is 12.3 Å². The molecule has 0 aliphatic rings. The van der Waals surface area contributed by atoms with Crippen molar-refractivity contribution in [2.45, 2.75) is 38.5 Å². The molecule has 1 aromatic rings. The van der Waals surface area contributed by atoms with Crippen molar-refractivity contribution in [3.63, 3.8) is 0 Å². The van der Waals surface area contributed by atoms with Gasteiger partial charge in [0.05, 0.1) is 11.9 Å². The third kappa shape index (κ3) is 7.23. The summed E-state index contributed by atoms with van der Waals surface area (Å²) in [6, 6.07) is 8.31. The molecule has 1 rings (SSSR count). The zero-order valence-electron chi connectivity index (χ0n) is 11.7. The Labute approximate surface area is 119 Å². The Morgan fingerprint density at radius 2 is 2.26 bits per heavy atom. The number of carbonyl (C=O) groups is 1. The van der Waals surface area contributed by atoms with Crippen LogP contribution in [0.3, 0.4) is 0 Å². The number of hydrogen-bond donors (Lipinski definition) is 2. The smallest absolute Gasteiger partial charge is 0.230 e. The van der Waals surface area contributed by atoms with Gasteiger partial charge >= 0.3 is 0 Å². The average Bonchev–Trinajstić information content (AvgIpc) is 2.37. The minimum atomic E-state index is -0.421. The van der Waals surface area contributed by atoms with Gasteiger partial charge in [-0.1, -0.05) is 43.2 Å². The minimum Gasteiger partial charge on any atom is -0.391 e. The Bertz CT molecular complexity index is 395. The van der Waals surface area contributed by atoms with E-state index in [9.17, 15) is 9.90 Å². The molecule has 0 spiro atoms. The van der Waals surface area contributed by atoms with Crippen molar-refractivity contribution in [1.29, 1.82) is 0 Å². The van der Waals surface area contributed by atoms with Crippen molar-refractivity contribution in [3.8, 4) is 0 Å². The van der Waals surface area contributed by atoms with Crippen molar-refractivity contribution in [3.05, 3.63) is 35.4 Å². The summed E-state index contributed by atoms with van der Waals surface area (Å²) in [6.07, 6.45) is 1.24. The Kier molecular flexibility index (Phi) is 7.60. The van der Waals surface area contributed by atoms with E-state index in [1.54, 1.807) is 11.8 Å². The second-order valence-corrected chi connectivity index (χ2v) is 5.71. The van der Waals surface area contributed by atoms with Gasteiger partial charge in [0.25, 0.3) is 0 Å². The SMILES string of the molecule is CCCC(O)CNC(=O)CSCc1cccc(C)c1. The quantitative estimate of drug-likeness (QED) is 0.770. The van der Waals surface area contributed by atoms with Crippen molar-refractivity contribution < 1.29 is 9.90 Å². The van der Waals surface area contributed by atoms with E-state index in [1.165, 1.54) is 11.1 Å². The first-order valence-corrected chi connectivity index (χ1v) is 7.85. The van der Waals surface area contributed by atoms with Gasteiger partial charge in [0.1, 0.15) is 0 Å². The Morgan fingerprint density at radius 3 is 2.95 bits per heavy atom. The lowest BCUT2D eigenvalue weighted by atomic mass is 10.2. The van der Waals surface area contributed by atoms with Gasteiger partial charge in [0.2, 0.25) is 5.91 Å². The highest BCUT2D eigenvalue weighted by atomic mass is 32.2. The van der Waals surface area contributed by atoms with Crippen LogP contribution in [0.25, 0.3) is 0 Å². The van der Waals surface area contributed by atoms with Crippen molar-refractivity contribution >= 4 is 17.7 Å². The summed E-state index contributed by atoms with van der Waals surface area (Å²) in [6.45, 7) is 4.44. The van der Waals surface area contributed by atoms with Crippen LogP contribution in [0.5, 0.6) is 0 Å². The van der Waals surface area contributed by atoms with Crippen LogP contribution in [0.1, 0.15) is 30.9 Å². The first kappa shape index (κ1) is 16.1. The fraction of sp³-hybridized carbons (Fsp3) is 0.533. The monoisotopic (exact) mass is 281 g/mol. The summed E-state index contributed by atoms with van der Waals surface area (Å²) < 4.78 is 0. The lowest BCUT2D eigenvalue weighted by molar-refractivity contribution is -0.119. The number of rotatable bonds is 8. The number of hydrogen-bond acceptors (Lipinski definition) is 3. The van der Waals surface area contributed by atoms with Gasteiger partial charge in [-0.05, 0) is 18.9 Å². The minimum absolute atomic E-state index is 0.00666. The molecule has 0 radical (unpaired) electrons. The predicted molar refractivity (Wildman–Crippen MR) is 81.3 cm³/mol. The first-order valence-electron chi connectivity index (χ1n) is 6.70. The van der Waals surface area contributed by atoms with E-state index < -0.39 is 6.10 Å². The second kappa shape index (κ2) is 8.99. The van der Waals surface area contributed by atoms with Crippen molar-refractivity contribution in [2.75, 3.05) is 12.3 Å². The summed E-state index contributed by atoms with van der Waals surface area (Å²) in [5, 5.41) is 12.3. The molecule has 0 heterocycles. The molecule has 0 aromatic heterocycles. The zero-order valence-corrected chi connectivity index (χ0v) is 12.5. The average molecular weight is 281 g/mol. The summed E-state index contributed by atoms with van der Waals surface area (Å²) in [5.74, 6) is 1.27. The van der Waals surface area contributed by atoms with E-state index in [-0.39, 0.29) is 5.91 Å². The van der Waals surface area contributed by atoms with Gasteiger partial charge in [-0.15, -0.1) is 11.8 Å². The van der Waals surface area contributed by atoms with Crippen LogP contribution in [0.15, 0.2) is 24.3 Å². The molecule has 1 amide bonds. The van der Waals surface area contributed by atoms with Crippen molar-refractivity contribution in [2.24, 2.45) is 0 Å². The highest BCUT2D eigenvalue weighted by Crippen LogP contribution is 2.13. The number of aliphatic hydroxyl groups is 1. The predicted octanol–water partition coefficient (Wildman–Crippen LogP) is 2.51. The number of thioether (sulfide) groups is 1. The molecule has 0 aliphatic heterocycles. The van der Waals surface area contributed by atoms with Gasteiger partial charge in [-0.3, -0.25) is 4.79 Å². The van der Waals surface area contributed by atoms with Crippen LogP contribution in [-0.4, -0.2) is 29.4 Å². The summed E-state index contributed by atoms with van der Waals surface area (Å²) >= 11 is 1.59. The molecule has 0 fully saturated rings. The molecule has 0 saturated carbocycles. The first-order chi connectivity index (χ1) is 9.11. The lowest BCUT2D eigenvalue weighted by Gasteiger charge is -2.10. The highest BCUT2D eigenvalue weighted by molar-refractivity contribution is 7.99. The molecule has 3 nitrogen and oxygen atoms in total. The third-order valence-corrected chi connectivity index (χ3v) is 3.74. The molecule has 1 unspecified atom stereocenters. The fourth-order valence-electron chi connectivity index (χ4n) is 1.78. The van der Waals surface area contributed by atoms with E-state index in [0.717, 1.165) is 18.6 Å². The maximum absolute atomic E-state index is 11.6. The molecular weight excluding hydrogens is 258 g/mol. The lowest BCUT2D eigenvalue weighted by Crippen LogP contribution is -2.33. The van der Waals surface area contributed by atoms with E-state index in [4.69, 9.17) is 0 Å². The molecule has 1 aromatic carbocycles. The van der Waals surface area contributed by atoms with Crippen LogP contribution in [0.4, 0.5) is 0 Å². The van der Waals surface area contributed by atoms with E-state index in [1.807, 2.05) is 13.0 Å². The second-order valence-electron chi connectivity index (χ2n) is 4.73. The van der Waals surface area contributed by atoms with Crippen LogP contribution in [0.2, 0.25) is 0 Å². The number of benzene rings is 1. The largest absolute Gasteiger partial charge is 0.391 e. The van der Waals surface area contributed by atoms with Crippen LogP contribution in [0, 0.1) is 6.92 Å². The molecule has 0 aliphatic carbocycles.